The maximum Gasteiger partial charge on any atom is 0.323 e. The summed E-state index contributed by atoms with van der Waals surface area (Å²) in [6.45, 7) is 6.07. The Morgan fingerprint density at radius 1 is 1.24 bits per heavy atom. The molecule has 2 atom stereocenters. The fourth-order valence-corrected chi connectivity index (χ4v) is 5.50. The van der Waals surface area contributed by atoms with Crippen molar-refractivity contribution in [1.29, 1.82) is 0 Å². The lowest BCUT2D eigenvalue weighted by Gasteiger charge is -2.40. The Balaban J connectivity index is 2.05. The van der Waals surface area contributed by atoms with Crippen LogP contribution in [-0.4, -0.2) is 69.4 Å². The monoisotopic (exact) mass is 555 g/mol. The fourth-order valence-electron chi connectivity index (χ4n) is 4.10. The molecule has 1 aromatic carbocycles. The van der Waals surface area contributed by atoms with Gasteiger partial charge in [-0.15, -0.1) is 4.40 Å². The molecule has 0 bridgehead atoms. The molecule has 0 spiro atoms. The SMILES string of the molecule is CN(C)C(=O)c1cccc(N(C)C2=NS(=O)(=O)NC2N(C)[C@@H](c2cc(Br)co2)C(C)(C)C)c1O. The molecule has 0 saturated carbocycles. The number of phenols is 1. The van der Waals surface area contributed by atoms with Crippen LogP contribution in [0.25, 0.3) is 0 Å². The highest BCUT2D eigenvalue weighted by Gasteiger charge is 2.43. The lowest BCUT2D eigenvalue weighted by molar-refractivity contribution is 0.0824. The second-order valence-corrected chi connectivity index (χ2v) is 11.8. The Morgan fingerprint density at radius 3 is 2.41 bits per heavy atom. The van der Waals surface area contributed by atoms with E-state index in [2.05, 4.69) is 25.0 Å². The van der Waals surface area contributed by atoms with E-state index in [-0.39, 0.29) is 40.2 Å². The van der Waals surface area contributed by atoms with Crippen LogP contribution in [0.2, 0.25) is 0 Å². The molecule has 2 aromatic rings. The van der Waals surface area contributed by atoms with Gasteiger partial charge >= 0.3 is 10.2 Å². The predicted octanol–water partition coefficient (Wildman–Crippen LogP) is 3.18. The number of nitrogens with zero attached hydrogens (tertiary/aromatic N) is 4. The lowest BCUT2D eigenvalue weighted by atomic mass is 9.84. The molecule has 0 aliphatic carbocycles. The fraction of sp³-hybridized carbons (Fsp3) is 0.455. The van der Waals surface area contributed by atoms with E-state index < -0.39 is 16.4 Å². The molecule has 1 aliphatic heterocycles. The van der Waals surface area contributed by atoms with Crippen LogP contribution in [0.5, 0.6) is 5.75 Å². The second kappa shape index (κ2) is 9.33. The Hall–Kier alpha value is -2.41. The van der Waals surface area contributed by atoms with Gasteiger partial charge in [0.1, 0.15) is 18.2 Å². The molecule has 34 heavy (non-hydrogen) atoms. The first-order valence-electron chi connectivity index (χ1n) is 10.5. The molecule has 1 unspecified atom stereocenters. The number of carbonyl (C=O) groups excluding carboxylic acids is 1. The first kappa shape index (κ1) is 26.2. The van der Waals surface area contributed by atoms with Crippen LogP contribution in [0.4, 0.5) is 5.69 Å². The quantitative estimate of drug-likeness (QED) is 0.581. The molecule has 10 nitrogen and oxygen atoms in total. The smallest absolute Gasteiger partial charge is 0.323 e. The number of hydrogen-bond donors (Lipinski definition) is 2. The van der Waals surface area contributed by atoms with Crippen molar-refractivity contribution in [2.24, 2.45) is 9.81 Å². The van der Waals surface area contributed by atoms with Crippen molar-refractivity contribution < 1.29 is 22.7 Å². The number of para-hydroxylation sites is 1. The van der Waals surface area contributed by atoms with Gasteiger partial charge in [0.2, 0.25) is 0 Å². The van der Waals surface area contributed by atoms with E-state index in [1.54, 1.807) is 46.6 Å². The van der Waals surface area contributed by atoms with Crippen molar-refractivity contribution in [3.05, 3.63) is 46.3 Å². The van der Waals surface area contributed by atoms with Crippen LogP contribution >= 0.6 is 15.9 Å². The number of nitrogens with one attached hydrogen (secondary N) is 1. The average Bonchev–Trinajstić information content (AvgIpc) is 3.28. The number of halogens is 1. The molecular formula is C22H30BrN5O5S. The normalized spacial score (nSPS) is 18.6. The van der Waals surface area contributed by atoms with E-state index in [1.165, 1.54) is 15.9 Å². The molecule has 1 aromatic heterocycles. The van der Waals surface area contributed by atoms with Gasteiger partial charge in [0, 0.05) is 21.1 Å². The summed E-state index contributed by atoms with van der Waals surface area (Å²) in [6, 6.07) is 6.24. The highest BCUT2D eigenvalue weighted by molar-refractivity contribution is 9.10. The Labute approximate surface area is 208 Å². The van der Waals surface area contributed by atoms with E-state index >= 15 is 0 Å². The molecule has 1 aliphatic rings. The van der Waals surface area contributed by atoms with Gasteiger partial charge in [0.05, 0.1) is 21.8 Å². The van der Waals surface area contributed by atoms with Crippen LogP contribution in [0.15, 0.2) is 43.8 Å². The first-order chi connectivity index (χ1) is 15.6. The number of rotatable bonds is 5. The highest BCUT2D eigenvalue weighted by Crippen LogP contribution is 2.41. The number of phenolic OH excluding ortho intramolecular Hbond substituents is 1. The minimum absolute atomic E-state index is 0.0988. The number of furan rings is 1. The Kier molecular flexibility index (Phi) is 7.19. The summed E-state index contributed by atoms with van der Waals surface area (Å²) in [7, 11) is 2.55. The van der Waals surface area contributed by atoms with Gasteiger partial charge in [-0.25, -0.2) is 0 Å². The molecule has 12 heteroatoms. The zero-order chi connectivity index (χ0) is 25.6. The van der Waals surface area contributed by atoms with Crippen LogP contribution in [0.1, 0.15) is 42.9 Å². The highest BCUT2D eigenvalue weighted by atomic mass is 79.9. The molecule has 3 rings (SSSR count). The third kappa shape index (κ3) is 5.14. The molecule has 2 heterocycles. The van der Waals surface area contributed by atoms with E-state index in [9.17, 15) is 18.3 Å². The van der Waals surface area contributed by atoms with Crippen molar-refractivity contribution in [2.45, 2.75) is 33.0 Å². The van der Waals surface area contributed by atoms with Gasteiger partial charge in [0.25, 0.3) is 5.91 Å². The molecular weight excluding hydrogens is 526 g/mol. The molecule has 186 valence electrons. The third-order valence-corrected chi connectivity index (χ3v) is 6.93. The number of benzene rings is 1. The van der Waals surface area contributed by atoms with Gasteiger partial charge in [-0.2, -0.15) is 13.1 Å². The van der Waals surface area contributed by atoms with E-state index in [1.807, 2.05) is 31.7 Å². The predicted molar refractivity (Wildman–Crippen MR) is 134 cm³/mol. The summed E-state index contributed by atoms with van der Waals surface area (Å²) in [4.78, 5) is 17.1. The van der Waals surface area contributed by atoms with Gasteiger partial charge in [-0.05, 0) is 46.6 Å². The summed E-state index contributed by atoms with van der Waals surface area (Å²) < 4.78 is 38.1. The first-order valence-corrected chi connectivity index (χ1v) is 12.7. The third-order valence-electron chi connectivity index (χ3n) is 5.57. The number of hydrogen-bond acceptors (Lipinski definition) is 7. The summed E-state index contributed by atoms with van der Waals surface area (Å²) in [5.74, 6) is 0.152. The van der Waals surface area contributed by atoms with Crippen LogP contribution < -0.4 is 9.62 Å². The standard InChI is InChI=1S/C22H30BrN5O5S/c1-22(2,3)18(16-11-13(23)12-33-16)28(7)20-19(24-34(31,32)25-20)27(6)15-10-8-9-14(17(15)29)21(30)26(4)5/h8-12,18,20,25,29H,1-7H3/t18-,20?/m0/s1. The Bertz CT molecular complexity index is 1220. The van der Waals surface area contributed by atoms with Crippen molar-refractivity contribution in [2.75, 3.05) is 33.1 Å². The maximum absolute atomic E-state index is 12.5. The molecule has 1 amide bonds. The van der Waals surface area contributed by atoms with Gasteiger partial charge in [-0.3, -0.25) is 9.69 Å². The minimum Gasteiger partial charge on any atom is -0.505 e. The van der Waals surface area contributed by atoms with E-state index in [0.29, 0.717) is 5.76 Å². The lowest BCUT2D eigenvalue weighted by Crippen LogP contribution is -2.54. The van der Waals surface area contributed by atoms with Crippen molar-refractivity contribution in [1.82, 2.24) is 14.5 Å². The van der Waals surface area contributed by atoms with Gasteiger partial charge < -0.3 is 19.3 Å². The molecule has 0 fully saturated rings. The zero-order valence-electron chi connectivity index (χ0n) is 20.2. The number of aromatic hydroxyl groups is 1. The molecule has 0 saturated heterocycles. The van der Waals surface area contributed by atoms with E-state index in [0.717, 1.165) is 4.47 Å². The van der Waals surface area contributed by atoms with E-state index in [4.69, 9.17) is 4.42 Å². The van der Waals surface area contributed by atoms with Crippen molar-refractivity contribution in [3.63, 3.8) is 0 Å². The topological polar surface area (TPSA) is 119 Å². The zero-order valence-corrected chi connectivity index (χ0v) is 22.6. The van der Waals surface area contributed by atoms with Crippen LogP contribution in [0.3, 0.4) is 0 Å². The number of anilines is 1. The van der Waals surface area contributed by atoms with Crippen molar-refractivity contribution >= 4 is 43.6 Å². The second-order valence-electron chi connectivity index (χ2n) is 9.48. The average molecular weight is 556 g/mol. The molecule has 0 radical (unpaired) electrons. The number of amidine groups is 1. The summed E-state index contributed by atoms with van der Waals surface area (Å²) in [5.41, 5.74) is 0.00250. The number of carbonyl (C=O) groups is 1. The summed E-state index contributed by atoms with van der Waals surface area (Å²) >= 11 is 3.41. The van der Waals surface area contributed by atoms with Crippen LogP contribution in [-0.2, 0) is 10.2 Å². The van der Waals surface area contributed by atoms with Gasteiger partial charge in [-0.1, -0.05) is 26.8 Å². The number of amides is 1. The molecule has 2 N–H and O–H groups in total. The maximum atomic E-state index is 12.5. The van der Waals surface area contributed by atoms with Gasteiger partial charge in [0.15, 0.2) is 11.6 Å². The van der Waals surface area contributed by atoms with Crippen molar-refractivity contribution in [3.8, 4) is 5.75 Å². The summed E-state index contributed by atoms with van der Waals surface area (Å²) in [5, 5.41) is 10.9. The largest absolute Gasteiger partial charge is 0.505 e. The summed E-state index contributed by atoms with van der Waals surface area (Å²) in [6.07, 6.45) is 0.711. The number of likely N-dealkylation sites (N-methyl/N-ethyl adjacent to an activating group) is 2. The van der Waals surface area contributed by atoms with Crippen LogP contribution in [0, 0.1) is 5.41 Å². The minimum atomic E-state index is -3.99. The Morgan fingerprint density at radius 2 is 1.88 bits per heavy atom.